The molecule has 0 aliphatic heterocycles. The van der Waals surface area contributed by atoms with Crippen LogP contribution in [0.15, 0.2) is 42.5 Å². The summed E-state index contributed by atoms with van der Waals surface area (Å²) in [6.45, 7) is 5.08. The summed E-state index contributed by atoms with van der Waals surface area (Å²) in [7, 11) is 2.06. The van der Waals surface area contributed by atoms with Gasteiger partial charge in [0, 0.05) is 29.8 Å². The smallest absolute Gasteiger partial charge is 0.159 e. The van der Waals surface area contributed by atoms with E-state index < -0.39 is 0 Å². The molecule has 0 aromatic heterocycles. The van der Waals surface area contributed by atoms with Gasteiger partial charge in [0.2, 0.25) is 0 Å². The Balaban J connectivity index is 1.73. The third kappa shape index (κ3) is 5.21. The van der Waals surface area contributed by atoms with Gasteiger partial charge in [0.1, 0.15) is 5.75 Å². The fourth-order valence-electron chi connectivity index (χ4n) is 3.93. The summed E-state index contributed by atoms with van der Waals surface area (Å²) >= 11 is 0. The van der Waals surface area contributed by atoms with Crippen LogP contribution in [-0.4, -0.2) is 31.5 Å². The highest BCUT2D eigenvalue weighted by Gasteiger charge is 2.20. The highest BCUT2D eigenvalue weighted by atomic mass is 16.5. The Morgan fingerprint density at radius 2 is 1.64 bits per heavy atom. The molecule has 0 radical (unpaired) electrons. The van der Waals surface area contributed by atoms with E-state index >= 15 is 0 Å². The summed E-state index contributed by atoms with van der Waals surface area (Å²) in [4.78, 5) is 11.5. The monoisotopic (exact) mass is 380 g/mol. The van der Waals surface area contributed by atoms with Gasteiger partial charge in [-0.05, 0) is 69.8 Å². The van der Waals surface area contributed by atoms with Gasteiger partial charge in [0.05, 0.1) is 6.61 Å². The Kier molecular flexibility index (Phi) is 7.24. The van der Waals surface area contributed by atoms with E-state index in [1.54, 1.807) is 6.92 Å². The summed E-state index contributed by atoms with van der Waals surface area (Å²) in [5, 5.41) is 7.12. The molecule has 1 aliphatic carbocycles. The van der Waals surface area contributed by atoms with Crippen molar-refractivity contribution in [3.05, 3.63) is 53.6 Å². The molecular weight excluding hydrogens is 348 g/mol. The summed E-state index contributed by atoms with van der Waals surface area (Å²) < 4.78 is 5.86. The first-order valence-electron chi connectivity index (χ1n) is 10.4. The predicted octanol–water partition coefficient (Wildman–Crippen LogP) is 4.58. The molecule has 2 aromatic rings. The minimum absolute atomic E-state index is 0.0936. The average Bonchev–Trinajstić information content (AvgIpc) is 2.73. The quantitative estimate of drug-likeness (QED) is 0.659. The SMILES string of the molecule is CCOc1ccc(-c2ccc(C(C)=O)cc2)cc1CNC1CCC(NC)CC1. The fourth-order valence-corrected chi connectivity index (χ4v) is 3.93. The van der Waals surface area contributed by atoms with Crippen molar-refractivity contribution in [2.45, 2.75) is 58.2 Å². The van der Waals surface area contributed by atoms with Gasteiger partial charge in [0.25, 0.3) is 0 Å². The largest absolute Gasteiger partial charge is 0.494 e. The predicted molar refractivity (Wildman–Crippen MR) is 115 cm³/mol. The molecule has 1 fully saturated rings. The molecule has 0 bridgehead atoms. The zero-order chi connectivity index (χ0) is 19.9. The lowest BCUT2D eigenvalue weighted by atomic mass is 9.91. The van der Waals surface area contributed by atoms with Crippen LogP contribution in [0.4, 0.5) is 0 Å². The van der Waals surface area contributed by atoms with Crippen molar-refractivity contribution >= 4 is 5.78 Å². The van der Waals surface area contributed by atoms with Crippen molar-refractivity contribution in [3.63, 3.8) is 0 Å². The number of rotatable bonds is 8. The lowest BCUT2D eigenvalue weighted by molar-refractivity contribution is 0.101. The highest BCUT2D eigenvalue weighted by molar-refractivity contribution is 5.94. The van der Waals surface area contributed by atoms with Crippen molar-refractivity contribution < 1.29 is 9.53 Å². The molecule has 1 saturated carbocycles. The Labute approximate surface area is 168 Å². The third-order valence-corrected chi connectivity index (χ3v) is 5.70. The Hall–Kier alpha value is -2.17. The maximum atomic E-state index is 11.5. The molecule has 150 valence electrons. The number of ether oxygens (including phenoxy) is 1. The molecule has 28 heavy (non-hydrogen) atoms. The molecule has 0 saturated heterocycles. The van der Waals surface area contributed by atoms with Gasteiger partial charge in [-0.15, -0.1) is 0 Å². The van der Waals surface area contributed by atoms with Crippen LogP contribution < -0.4 is 15.4 Å². The summed E-state index contributed by atoms with van der Waals surface area (Å²) in [5.41, 5.74) is 4.19. The van der Waals surface area contributed by atoms with Crippen molar-refractivity contribution in [2.24, 2.45) is 0 Å². The van der Waals surface area contributed by atoms with Crippen molar-refractivity contribution in [2.75, 3.05) is 13.7 Å². The number of benzene rings is 2. The summed E-state index contributed by atoms with van der Waals surface area (Å²) in [5.74, 6) is 1.04. The normalized spacial score (nSPS) is 19.4. The van der Waals surface area contributed by atoms with Gasteiger partial charge in [-0.25, -0.2) is 0 Å². The summed E-state index contributed by atoms with van der Waals surface area (Å²) in [6, 6.07) is 15.4. The lowest BCUT2D eigenvalue weighted by Gasteiger charge is -2.29. The van der Waals surface area contributed by atoms with E-state index in [0.29, 0.717) is 18.7 Å². The van der Waals surface area contributed by atoms with Gasteiger partial charge in [-0.3, -0.25) is 4.79 Å². The van der Waals surface area contributed by atoms with Crippen LogP contribution in [-0.2, 0) is 6.54 Å². The van der Waals surface area contributed by atoms with E-state index in [4.69, 9.17) is 4.74 Å². The number of nitrogens with one attached hydrogen (secondary N) is 2. The zero-order valence-corrected chi connectivity index (χ0v) is 17.3. The number of ketones is 1. The van der Waals surface area contributed by atoms with Crippen LogP contribution in [0.3, 0.4) is 0 Å². The van der Waals surface area contributed by atoms with E-state index in [9.17, 15) is 4.79 Å². The lowest BCUT2D eigenvalue weighted by Crippen LogP contribution is -2.38. The standard InChI is InChI=1S/C24H32N2O2/c1-4-28-24-14-9-20(19-7-5-18(6-8-19)17(2)27)15-21(24)16-26-23-12-10-22(25-3)11-13-23/h5-9,14-15,22-23,25-26H,4,10-13,16H2,1-3H3. The fraction of sp³-hybridized carbons (Fsp3) is 0.458. The Bertz CT molecular complexity index is 778. The first kappa shape index (κ1) is 20.6. The first-order chi connectivity index (χ1) is 13.6. The molecule has 2 N–H and O–H groups in total. The third-order valence-electron chi connectivity index (χ3n) is 5.70. The maximum Gasteiger partial charge on any atom is 0.159 e. The van der Waals surface area contributed by atoms with Gasteiger partial charge in [-0.2, -0.15) is 0 Å². The Morgan fingerprint density at radius 1 is 1.00 bits per heavy atom. The minimum Gasteiger partial charge on any atom is -0.494 e. The molecule has 3 rings (SSSR count). The summed E-state index contributed by atoms with van der Waals surface area (Å²) in [6.07, 6.45) is 4.88. The second kappa shape index (κ2) is 9.85. The second-order valence-corrected chi connectivity index (χ2v) is 7.61. The molecular formula is C24H32N2O2. The van der Waals surface area contributed by atoms with E-state index in [-0.39, 0.29) is 5.78 Å². The molecule has 0 unspecified atom stereocenters. The van der Waals surface area contributed by atoms with Crippen LogP contribution in [0, 0.1) is 0 Å². The van der Waals surface area contributed by atoms with E-state index in [0.717, 1.165) is 29.0 Å². The first-order valence-corrected chi connectivity index (χ1v) is 10.4. The van der Waals surface area contributed by atoms with Gasteiger partial charge >= 0.3 is 0 Å². The number of carbonyl (C=O) groups excluding carboxylic acids is 1. The number of carbonyl (C=O) groups is 1. The molecule has 0 atom stereocenters. The van der Waals surface area contributed by atoms with Crippen molar-refractivity contribution in [3.8, 4) is 16.9 Å². The van der Waals surface area contributed by atoms with Crippen LogP contribution >= 0.6 is 0 Å². The van der Waals surface area contributed by atoms with Crippen molar-refractivity contribution in [1.29, 1.82) is 0 Å². The molecule has 0 amide bonds. The number of hydrogen-bond donors (Lipinski definition) is 2. The Morgan fingerprint density at radius 3 is 2.25 bits per heavy atom. The molecule has 4 nitrogen and oxygen atoms in total. The number of Topliss-reactive ketones (excluding diaryl/α,β-unsaturated/α-hetero) is 1. The average molecular weight is 381 g/mol. The minimum atomic E-state index is 0.0936. The molecule has 4 heteroatoms. The van der Waals surface area contributed by atoms with E-state index in [1.165, 1.54) is 31.2 Å². The van der Waals surface area contributed by atoms with E-state index in [2.05, 4.69) is 35.9 Å². The highest BCUT2D eigenvalue weighted by Crippen LogP contribution is 2.28. The van der Waals surface area contributed by atoms with E-state index in [1.807, 2.05) is 31.2 Å². The van der Waals surface area contributed by atoms with Crippen molar-refractivity contribution in [1.82, 2.24) is 10.6 Å². The molecule has 0 spiro atoms. The van der Waals surface area contributed by atoms with Gasteiger partial charge in [-0.1, -0.05) is 30.3 Å². The second-order valence-electron chi connectivity index (χ2n) is 7.61. The molecule has 0 heterocycles. The topological polar surface area (TPSA) is 50.4 Å². The van der Waals surface area contributed by atoms with Crippen LogP contribution in [0.5, 0.6) is 5.75 Å². The molecule has 2 aromatic carbocycles. The van der Waals surface area contributed by atoms with Gasteiger partial charge in [0.15, 0.2) is 5.78 Å². The maximum absolute atomic E-state index is 11.5. The molecule has 1 aliphatic rings. The van der Waals surface area contributed by atoms with Crippen LogP contribution in [0.1, 0.15) is 55.5 Å². The van der Waals surface area contributed by atoms with Crippen LogP contribution in [0.25, 0.3) is 11.1 Å². The van der Waals surface area contributed by atoms with Gasteiger partial charge < -0.3 is 15.4 Å². The number of hydrogen-bond acceptors (Lipinski definition) is 4. The zero-order valence-electron chi connectivity index (χ0n) is 17.3. The van der Waals surface area contributed by atoms with Crippen LogP contribution in [0.2, 0.25) is 0 Å².